The lowest BCUT2D eigenvalue weighted by Crippen LogP contribution is -2.48. The molecule has 8 heteroatoms. The monoisotopic (exact) mass is 373 g/mol. The second kappa shape index (κ2) is 6.72. The number of rotatable bonds is 2. The number of hydrogen-bond donors (Lipinski definition) is 0. The van der Waals surface area contributed by atoms with Gasteiger partial charge in [0, 0.05) is 25.8 Å². The second-order valence-electron chi connectivity index (χ2n) is 6.94. The summed E-state index contributed by atoms with van der Waals surface area (Å²) in [5.74, 6) is 1.66. The first-order valence-corrected chi connectivity index (χ1v) is 8.88. The molecule has 2 aliphatic heterocycles. The molecule has 0 bridgehead atoms. The molecule has 140 valence electrons. The van der Waals surface area contributed by atoms with Crippen LogP contribution in [0.25, 0.3) is 0 Å². The summed E-state index contributed by atoms with van der Waals surface area (Å²) in [6, 6.07) is 9.85. The Morgan fingerprint density at radius 2 is 1.89 bits per heavy atom. The second-order valence-corrected chi connectivity index (χ2v) is 6.94. The molecule has 2 aliphatic rings. The number of aromatic nitrogens is 2. The molecule has 0 saturated carbocycles. The van der Waals surface area contributed by atoms with Crippen LogP contribution < -0.4 is 9.80 Å². The van der Waals surface area contributed by atoms with E-state index >= 15 is 0 Å². The predicted molar refractivity (Wildman–Crippen MR) is 94.3 cm³/mol. The van der Waals surface area contributed by atoms with Crippen LogP contribution in [0.4, 0.5) is 24.8 Å². The number of alkyl halides is 3. The fourth-order valence-corrected chi connectivity index (χ4v) is 4.01. The lowest BCUT2D eigenvalue weighted by atomic mass is 9.92. The van der Waals surface area contributed by atoms with Gasteiger partial charge in [-0.3, -0.25) is 0 Å². The van der Waals surface area contributed by atoms with Crippen molar-refractivity contribution in [3.8, 4) is 6.07 Å². The van der Waals surface area contributed by atoms with Gasteiger partial charge in [0.2, 0.25) is 0 Å². The summed E-state index contributed by atoms with van der Waals surface area (Å²) in [4.78, 5) is 12.3. The highest BCUT2D eigenvalue weighted by molar-refractivity contribution is 5.47. The highest BCUT2D eigenvalue weighted by Gasteiger charge is 2.40. The predicted octanol–water partition coefficient (Wildman–Crippen LogP) is 3.47. The van der Waals surface area contributed by atoms with Crippen molar-refractivity contribution in [1.29, 1.82) is 5.26 Å². The van der Waals surface area contributed by atoms with Gasteiger partial charge in [-0.05, 0) is 43.0 Å². The van der Waals surface area contributed by atoms with Gasteiger partial charge < -0.3 is 9.80 Å². The molecule has 2 fully saturated rings. The largest absolute Gasteiger partial charge is 0.433 e. The Hall–Kier alpha value is -2.82. The van der Waals surface area contributed by atoms with Crippen molar-refractivity contribution in [2.45, 2.75) is 25.1 Å². The van der Waals surface area contributed by atoms with Crippen molar-refractivity contribution in [1.82, 2.24) is 9.97 Å². The number of fused-ring (bicyclic) bond motifs is 1. The minimum atomic E-state index is -4.44. The normalized spacial score (nSPS) is 22.4. The molecule has 0 amide bonds. The third-order valence-corrected chi connectivity index (χ3v) is 5.38. The average molecular weight is 373 g/mol. The first kappa shape index (κ1) is 17.6. The van der Waals surface area contributed by atoms with E-state index in [2.05, 4.69) is 20.9 Å². The molecule has 2 saturated heterocycles. The smallest absolute Gasteiger partial charge is 0.355 e. The van der Waals surface area contributed by atoms with E-state index in [1.165, 1.54) is 6.07 Å². The molecule has 2 atom stereocenters. The summed E-state index contributed by atoms with van der Waals surface area (Å²) in [6.07, 6.45) is -0.941. The Balaban J connectivity index is 1.55. The van der Waals surface area contributed by atoms with Crippen LogP contribution in [-0.4, -0.2) is 35.6 Å². The van der Waals surface area contributed by atoms with Crippen LogP contribution in [0, 0.1) is 17.2 Å². The number of nitrogens with zero attached hydrogens (tertiary/aromatic N) is 5. The lowest BCUT2D eigenvalue weighted by Gasteiger charge is -2.39. The number of pyridine rings is 2. The van der Waals surface area contributed by atoms with Gasteiger partial charge >= 0.3 is 6.18 Å². The van der Waals surface area contributed by atoms with E-state index in [4.69, 9.17) is 5.26 Å². The highest BCUT2D eigenvalue weighted by atomic mass is 19.4. The molecular formula is C19H18F3N5. The average Bonchev–Trinajstić information content (AvgIpc) is 3.11. The first-order valence-electron chi connectivity index (χ1n) is 8.88. The van der Waals surface area contributed by atoms with Crippen LogP contribution in [0.15, 0.2) is 36.5 Å². The molecule has 5 nitrogen and oxygen atoms in total. The molecule has 4 rings (SSSR count). The SMILES string of the molecule is N#Cc1ccc(N2CCC3CCN(c4cccc(C(F)(F)F)n4)CC32)nc1. The number of halogens is 3. The molecule has 0 aliphatic carbocycles. The molecule has 4 heterocycles. The standard InChI is InChI=1S/C19H18F3N5/c20-19(21,22)16-2-1-3-18(25-16)26-8-6-14-7-9-27(15(14)12-26)17-5-4-13(10-23)11-24-17/h1-5,11,14-15H,6-9,12H2. The van der Waals surface area contributed by atoms with Gasteiger partial charge in [0.15, 0.2) is 0 Å². The van der Waals surface area contributed by atoms with Crippen LogP contribution in [0.2, 0.25) is 0 Å². The van der Waals surface area contributed by atoms with Crippen molar-refractivity contribution < 1.29 is 13.2 Å². The van der Waals surface area contributed by atoms with Gasteiger partial charge in [0.25, 0.3) is 0 Å². The van der Waals surface area contributed by atoms with E-state index < -0.39 is 11.9 Å². The Bertz CT molecular complexity index is 859. The molecule has 2 aromatic heterocycles. The number of hydrogen-bond acceptors (Lipinski definition) is 5. The van der Waals surface area contributed by atoms with Crippen LogP contribution in [0.1, 0.15) is 24.1 Å². The number of anilines is 2. The van der Waals surface area contributed by atoms with E-state index in [9.17, 15) is 13.2 Å². The first-order chi connectivity index (χ1) is 13.0. The van der Waals surface area contributed by atoms with E-state index in [0.717, 1.165) is 31.3 Å². The van der Waals surface area contributed by atoms with Crippen LogP contribution in [0.3, 0.4) is 0 Å². The third-order valence-electron chi connectivity index (χ3n) is 5.38. The Morgan fingerprint density at radius 3 is 2.59 bits per heavy atom. The third kappa shape index (κ3) is 3.42. The van der Waals surface area contributed by atoms with Gasteiger partial charge in [-0.15, -0.1) is 0 Å². The van der Waals surface area contributed by atoms with E-state index in [0.29, 0.717) is 30.4 Å². The summed E-state index contributed by atoms with van der Waals surface area (Å²) in [5, 5.41) is 8.92. The van der Waals surface area contributed by atoms with Crippen LogP contribution in [-0.2, 0) is 6.18 Å². The summed E-state index contributed by atoms with van der Waals surface area (Å²) in [7, 11) is 0. The molecule has 27 heavy (non-hydrogen) atoms. The van der Waals surface area contributed by atoms with Crippen molar-refractivity contribution >= 4 is 11.6 Å². The molecule has 0 radical (unpaired) electrons. The number of piperidine rings is 1. The zero-order chi connectivity index (χ0) is 19.0. The van der Waals surface area contributed by atoms with Gasteiger partial charge in [-0.1, -0.05) is 6.07 Å². The van der Waals surface area contributed by atoms with E-state index in [1.807, 2.05) is 11.0 Å². The van der Waals surface area contributed by atoms with Gasteiger partial charge in [-0.25, -0.2) is 9.97 Å². The Labute approximate surface area is 155 Å². The van der Waals surface area contributed by atoms with E-state index in [-0.39, 0.29) is 6.04 Å². The summed E-state index contributed by atoms with van der Waals surface area (Å²) >= 11 is 0. The van der Waals surface area contributed by atoms with Gasteiger partial charge in [0.05, 0.1) is 11.6 Å². The van der Waals surface area contributed by atoms with Crippen molar-refractivity contribution in [2.24, 2.45) is 5.92 Å². The lowest BCUT2D eigenvalue weighted by molar-refractivity contribution is -0.141. The quantitative estimate of drug-likeness (QED) is 0.807. The summed E-state index contributed by atoms with van der Waals surface area (Å²) in [6.45, 7) is 2.17. The maximum Gasteiger partial charge on any atom is 0.433 e. The van der Waals surface area contributed by atoms with Gasteiger partial charge in [-0.2, -0.15) is 18.4 Å². The summed E-state index contributed by atoms with van der Waals surface area (Å²) < 4.78 is 38.9. The Kier molecular flexibility index (Phi) is 4.38. The van der Waals surface area contributed by atoms with Crippen molar-refractivity contribution in [3.63, 3.8) is 0 Å². The Morgan fingerprint density at radius 1 is 1.07 bits per heavy atom. The zero-order valence-electron chi connectivity index (χ0n) is 14.5. The zero-order valence-corrected chi connectivity index (χ0v) is 14.5. The van der Waals surface area contributed by atoms with Gasteiger partial charge in [0.1, 0.15) is 23.4 Å². The van der Waals surface area contributed by atoms with Crippen molar-refractivity contribution in [2.75, 3.05) is 29.4 Å². The minimum Gasteiger partial charge on any atom is -0.355 e. The molecule has 2 unspecified atom stereocenters. The fourth-order valence-electron chi connectivity index (χ4n) is 4.01. The van der Waals surface area contributed by atoms with E-state index in [1.54, 1.807) is 18.3 Å². The summed E-state index contributed by atoms with van der Waals surface area (Å²) in [5.41, 5.74) is -0.355. The highest BCUT2D eigenvalue weighted by Crippen LogP contribution is 2.36. The molecule has 0 spiro atoms. The molecule has 0 N–H and O–H groups in total. The molecule has 0 aromatic carbocycles. The van der Waals surface area contributed by atoms with Crippen LogP contribution >= 0.6 is 0 Å². The molecule has 2 aromatic rings. The minimum absolute atomic E-state index is 0.176. The van der Waals surface area contributed by atoms with Crippen molar-refractivity contribution in [3.05, 3.63) is 47.8 Å². The fraction of sp³-hybridized carbons (Fsp3) is 0.421. The maximum atomic E-state index is 13.0. The maximum absolute atomic E-state index is 13.0. The molecular weight excluding hydrogens is 355 g/mol. The number of nitriles is 1. The van der Waals surface area contributed by atoms with Crippen LogP contribution in [0.5, 0.6) is 0 Å². The topological polar surface area (TPSA) is 56.1 Å².